The van der Waals surface area contributed by atoms with E-state index in [1.54, 1.807) is 74.8 Å². The molecule has 26 nitrogen and oxygen atoms in total. The molecule has 8 rings (SSSR count). The van der Waals surface area contributed by atoms with Gasteiger partial charge in [-0.3, -0.25) is 48.3 Å². The molecule has 6 aromatic carbocycles. The van der Waals surface area contributed by atoms with Crippen LogP contribution in [0, 0.1) is 0 Å². The maximum atomic E-state index is 13.7. The summed E-state index contributed by atoms with van der Waals surface area (Å²) in [5, 5.41) is 19.8. The molecule has 120 heavy (non-hydrogen) atoms. The molecular weight excluding hydrogens is 1570 g/mol. The molecule has 0 spiro atoms. The number of nitrogens with zero attached hydrogens (tertiary/aromatic N) is 6. The van der Waals surface area contributed by atoms with Crippen LogP contribution in [0.25, 0.3) is 22.5 Å². The lowest BCUT2D eigenvalue weighted by molar-refractivity contribution is -0.156. The van der Waals surface area contributed by atoms with E-state index in [0.29, 0.717) is 124 Å². The Balaban J connectivity index is 0.000000331. The molecule has 6 amide bonds. The van der Waals surface area contributed by atoms with Gasteiger partial charge in [0.05, 0.1) is 126 Å². The highest BCUT2D eigenvalue weighted by atomic mass is 19.4. The molecule has 0 atom stereocenters. The number of amides is 6. The number of carboxylic acid groups (broad SMARTS) is 1. The normalized spacial score (nSPS) is 11.4. The van der Waals surface area contributed by atoms with E-state index in [9.17, 15) is 64.7 Å². The number of aromatic nitrogens is 2. The van der Waals surface area contributed by atoms with Gasteiger partial charge < -0.3 is 79.1 Å². The number of nitrogens with one attached hydrogen (secondary N) is 4. The maximum absolute atomic E-state index is 13.7. The van der Waals surface area contributed by atoms with Crippen LogP contribution in [0.15, 0.2) is 170 Å². The van der Waals surface area contributed by atoms with E-state index in [2.05, 4.69) is 41.0 Å². The van der Waals surface area contributed by atoms with Gasteiger partial charge in [-0.25, -0.2) is 0 Å². The number of pyridine rings is 2. The van der Waals surface area contributed by atoms with Crippen LogP contribution in [0.4, 0.5) is 49.1 Å². The second-order valence-corrected chi connectivity index (χ2v) is 28.1. The first-order valence-electron chi connectivity index (χ1n) is 39.1. The highest BCUT2D eigenvalue weighted by molar-refractivity contribution is 6.09. The molecule has 0 saturated heterocycles. The first-order chi connectivity index (χ1) is 57.3. The van der Waals surface area contributed by atoms with Crippen molar-refractivity contribution in [3.63, 3.8) is 0 Å². The van der Waals surface area contributed by atoms with E-state index >= 15 is 0 Å². The number of carbonyl (C=O) groups is 8. The Bertz CT molecular complexity index is 4710. The Morgan fingerprint density at radius 3 is 1.12 bits per heavy atom. The molecule has 0 aliphatic heterocycles. The SMILES string of the molecule is CCN(CC)c1ccc(NC(=O)c2cccc(C(=O)N(C)CCOCCOCCOCCC(=O)O)c2)c(-c2cc(C(=O)NCc3cccc(C(F)(F)F)c3)ccn2)c1.CCN(CC)c1ccc(NC(=O)c2cccc(C(=O)N(C)CCOCCOCCOCCC(=O)OC(C)(C)C)c2)c(-c2cc(C(=O)NCc3cccc(C(F)(F)F)c3)ccn2)c1. The first-order valence-corrected chi connectivity index (χ1v) is 39.1. The molecule has 0 unspecified atom stereocenters. The van der Waals surface area contributed by atoms with Gasteiger partial charge >= 0.3 is 24.3 Å². The van der Waals surface area contributed by atoms with Gasteiger partial charge in [0.2, 0.25) is 0 Å². The number of carbonyl (C=O) groups excluding carboxylic acids is 7. The Hall–Kier alpha value is -11.7. The number of aliphatic carboxylic acids is 1. The van der Waals surface area contributed by atoms with Crippen molar-refractivity contribution in [1.82, 2.24) is 30.4 Å². The number of halogens is 6. The third-order valence-corrected chi connectivity index (χ3v) is 18.2. The van der Waals surface area contributed by atoms with Gasteiger partial charge in [-0.05, 0) is 181 Å². The van der Waals surface area contributed by atoms with Crippen molar-refractivity contribution < 1.29 is 103 Å². The molecule has 5 N–H and O–H groups in total. The average Bonchev–Trinajstić information content (AvgIpc) is 0.802. The van der Waals surface area contributed by atoms with Gasteiger partial charge in [-0.15, -0.1) is 0 Å². The number of carboxylic acids is 1. The van der Waals surface area contributed by atoms with E-state index in [0.717, 1.165) is 35.6 Å². The third-order valence-electron chi connectivity index (χ3n) is 18.2. The average molecular weight is 1670 g/mol. The van der Waals surface area contributed by atoms with Gasteiger partial charge in [-0.2, -0.15) is 26.3 Å². The second-order valence-electron chi connectivity index (χ2n) is 28.1. The quantitative estimate of drug-likeness (QED) is 0.0135. The summed E-state index contributed by atoms with van der Waals surface area (Å²) in [7, 11) is 3.26. The minimum atomic E-state index is -4.51. The number of benzene rings is 6. The highest BCUT2D eigenvalue weighted by Crippen LogP contribution is 2.36. The maximum Gasteiger partial charge on any atom is 0.416 e. The fraction of sp³-hybridized carbons (Fsp3) is 0.386. The molecule has 0 saturated carbocycles. The molecule has 0 radical (unpaired) electrons. The van der Waals surface area contributed by atoms with Crippen LogP contribution in [0.5, 0.6) is 0 Å². The lowest BCUT2D eigenvalue weighted by Gasteiger charge is -2.23. The summed E-state index contributed by atoms with van der Waals surface area (Å²) < 4.78 is 117. The summed E-state index contributed by atoms with van der Waals surface area (Å²) in [6.45, 7) is 20.0. The topological polar surface area (TPSA) is 308 Å². The van der Waals surface area contributed by atoms with Crippen LogP contribution in [-0.4, -0.2) is 211 Å². The lowest BCUT2D eigenvalue weighted by Crippen LogP contribution is -2.30. The Labute approximate surface area is 694 Å². The highest BCUT2D eigenvalue weighted by Gasteiger charge is 2.32. The molecule has 2 heterocycles. The van der Waals surface area contributed by atoms with Crippen molar-refractivity contribution in [3.05, 3.63) is 226 Å². The van der Waals surface area contributed by atoms with E-state index in [1.807, 2.05) is 72.7 Å². The summed E-state index contributed by atoms with van der Waals surface area (Å²) in [5.41, 5.74) is 4.23. The van der Waals surface area contributed by atoms with Gasteiger partial charge in [0, 0.05) is 135 Å². The zero-order valence-electron chi connectivity index (χ0n) is 68.7. The zero-order valence-corrected chi connectivity index (χ0v) is 68.7. The van der Waals surface area contributed by atoms with Crippen LogP contribution in [0.1, 0.15) is 146 Å². The summed E-state index contributed by atoms with van der Waals surface area (Å²) in [4.78, 5) is 119. The van der Waals surface area contributed by atoms with Crippen molar-refractivity contribution in [2.45, 2.75) is 92.4 Å². The van der Waals surface area contributed by atoms with Crippen molar-refractivity contribution in [1.29, 1.82) is 0 Å². The number of ether oxygens (including phenoxy) is 7. The minimum absolute atomic E-state index is 0.0685. The van der Waals surface area contributed by atoms with Gasteiger partial charge in [0.15, 0.2) is 0 Å². The molecule has 2 aromatic heterocycles. The van der Waals surface area contributed by atoms with Crippen LogP contribution in [0.2, 0.25) is 0 Å². The largest absolute Gasteiger partial charge is 0.481 e. The van der Waals surface area contributed by atoms with E-state index in [4.69, 9.17) is 38.3 Å². The molecule has 0 aliphatic carbocycles. The second kappa shape index (κ2) is 47.8. The number of esters is 1. The Morgan fingerprint density at radius 2 is 0.750 bits per heavy atom. The molecule has 8 aromatic rings. The van der Waals surface area contributed by atoms with Crippen molar-refractivity contribution >= 4 is 70.1 Å². The summed E-state index contributed by atoms with van der Waals surface area (Å²) >= 11 is 0. The lowest BCUT2D eigenvalue weighted by atomic mass is 10.0. The number of likely N-dealkylation sites (N-methyl/N-ethyl adjacent to an activating group) is 2. The van der Waals surface area contributed by atoms with E-state index in [-0.39, 0.29) is 117 Å². The fourth-order valence-corrected chi connectivity index (χ4v) is 11.8. The molecule has 0 fully saturated rings. The van der Waals surface area contributed by atoms with Crippen LogP contribution < -0.4 is 31.1 Å². The predicted octanol–water partition coefficient (Wildman–Crippen LogP) is 14.0. The number of alkyl halides is 6. The first kappa shape index (κ1) is 95.5. The van der Waals surface area contributed by atoms with Gasteiger partial charge in [-0.1, -0.05) is 36.4 Å². The van der Waals surface area contributed by atoms with Crippen molar-refractivity contribution in [3.8, 4) is 22.5 Å². The summed E-state index contributed by atoms with van der Waals surface area (Å²) in [5.74, 6) is -3.87. The summed E-state index contributed by atoms with van der Waals surface area (Å²) in [6, 6.07) is 39.2. The Kier molecular flexibility index (Phi) is 38.0. The minimum Gasteiger partial charge on any atom is -0.481 e. The molecule has 32 heteroatoms. The molecular formula is C88H104F6N10O16. The molecule has 644 valence electrons. The zero-order chi connectivity index (χ0) is 87.4. The number of hydrogen-bond acceptors (Lipinski definition) is 19. The monoisotopic (exact) mass is 1670 g/mol. The number of anilines is 4. The van der Waals surface area contributed by atoms with E-state index in [1.165, 1.54) is 70.7 Å². The van der Waals surface area contributed by atoms with Gasteiger partial charge in [0.1, 0.15) is 5.60 Å². The summed E-state index contributed by atoms with van der Waals surface area (Å²) in [6.07, 6.45) is -6.03. The van der Waals surface area contributed by atoms with Gasteiger partial charge in [0.25, 0.3) is 35.4 Å². The van der Waals surface area contributed by atoms with E-state index < -0.39 is 58.7 Å². The standard InChI is InChI=1S/C46H56F3N5O8.C42H48F3N5O8/c1-7-54(8-2)37-15-16-39(38(30-37)40-29-34(17-19-50-40)42(56)51-31-32-11-9-14-36(27-32)46(47,48)49)52-43(57)33-12-10-13-35(28-33)44(58)53(6)20-22-60-24-26-61-25-23-59-21-18-41(55)62-45(3,4)5;1-4-50(5-2)34-12-13-36(35(27-34)37-26-31(14-16-46-37)39(53)47-28-29-8-6-11-33(24-29)42(43,44)45)48-40(54)30-9-7-10-32(25-30)41(55)49(3)17-19-57-21-23-58-22-20-56-18-15-38(51)52/h9-17,19,27-30H,7-8,18,20-26,31H2,1-6H3,(H,51,56)(H,52,57);6-14,16,24-27H,4-5,15,17-23,28H2,1-3H3,(H,47,53)(H,48,54)(H,51,52). The fourth-order valence-electron chi connectivity index (χ4n) is 11.8. The smallest absolute Gasteiger partial charge is 0.416 e. The van der Waals surface area contributed by atoms with Crippen LogP contribution in [-0.2, 0) is 68.2 Å². The molecule has 0 aliphatic rings. The molecule has 0 bridgehead atoms. The van der Waals surface area contributed by atoms with Crippen LogP contribution in [0.3, 0.4) is 0 Å². The van der Waals surface area contributed by atoms with Crippen molar-refractivity contribution in [2.24, 2.45) is 0 Å². The Morgan fingerprint density at radius 1 is 0.400 bits per heavy atom. The van der Waals surface area contributed by atoms with Crippen LogP contribution >= 0.6 is 0 Å². The number of rotatable bonds is 44. The predicted molar refractivity (Wildman–Crippen MR) is 442 cm³/mol. The van der Waals surface area contributed by atoms with Crippen molar-refractivity contribution in [2.75, 3.05) is 153 Å². The third kappa shape index (κ3) is 31.6. The number of hydrogen-bond donors (Lipinski definition) is 5.